The third kappa shape index (κ3) is 2.48. The van der Waals surface area contributed by atoms with Crippen LogP contribution in [0.2, 0.25) is 0 Å². The third-order valence-electron chi connectivity index (χ3n) is 4.95. The molecule has 0 aromatic heterocycles. The standard InChI is InChI=1S/C16H20BrFO2/c17-12-9-11(5-6-13(12)18)20-15-10-14(19)16(15)7-3-1-2-4-8-16/h5-6,9,14-15,19H,1-4,7-8,10H2. The van der Waals surface area contributed by atoms with Crippen LogP contribution >= 0.6 is 15.9 Å². The molecule has 0 saturated heterocycles. The van der Waals surface area contributed by atoms with Gasteiger partial charge in [-0.2, -0.15) is 0 Å². The van der Waals surface area contributed by atoms with Crippen molar-refractivity contribution in [2.75, 3.05) is 0 Å². The van der Waals surface area contributed by atoms with E-state index >= 15 is 0 Å². The van der Waals surface area contributed by atoms with E-state index < -0.39 is 0 Å². The summed E-state index contributed by atoms with van der Waals surface area (Å²) >= 11 is 3.18. The van der Waals surface area contributed by atoms with Crippen LogP contribution in [0.5, 0.6) is 5.75 Å². The Balaban J connectivity index is 1.75. The molecule has 3 rings (SSSR count). The molecule has 1 N–H and O–H groups in total. The predicted octanol–water partition coefficient (Wildman–Crippen LogP) is 4.44. The van der Waals surface area contributed by atoms with Crippen molar-refractivity contribution in [3.63, 3.8) is 0 Å². The van der Waals surface area contributed by atoms with Gasteiger partial charge in [0.2, 0.25) is 0 Å². The Hall–Kier alpha value is -0.610. The van der Waals surface area contributed by atoms with Gasteiger partial charge in [-0.1, -0.05) is 25.7 Å². The monoisotopic (exact) mass is 342 g/mol. The summed E-state index contributed by atoms with van der Waals surface area (Å²) in [5.41, 5.74) is -0.0721. The fraction of sp³-hybridized carbons (Fsp3) is 0.625. The Morgan fingerprint density at radius 1 is 1.20 bits per heavy atom. The van der Waals surface area contributed by atoms with Gasteiger partial charge < -0.3 is 9.84 Å². The van der Waals surface area contributed by atoms with Crippen molar-refractivity contribution in [2.24, 2.45) is 5.41 Å². The second-order valence-corrected chi connectivity index (χ2v) is 6.94. The first-order valence-electron chi connectivity index (χ1n) is 7.41. The topological polar surface area (TPSA) is 29.5 Å². The maximum atomic E-state index is 13.3. The fourth-order valence-electron chi connectivity index (χ4n) is 3.65. The average Bonchev–Trinajstić information content (AvgIpc) is 2.70. The van der Waals surface area contributed by atoms with Crippen LogP contribution in [0.15, 0.2) is 22.7 Å². The van der Waals surface area contributed by atoms with Crippen LogP contribution in [0.3, 0.4) is 0 Å². The molecule has 2 atom stereocenters. The summed E-state index contributed by atoms with van der Waals surface area (Å²) in [7, 11) is 0. The minimum Gasteiger partial charge on any atom is -0.490 e. The third-order valence-corrected chi connectivity index (χ3v) is 5.55. The van der Waals surface area contributed by atoms with Gasteiger partial charge in [0.1, 0.15) is 17.7 Å². The van der Waals surface area contributed by atoms with Gasteiger partial charge in [0.15, 0.2) is 0 Å². The molecule has 0 radical (unpaired) electrons. The molecule has 20 heavy (non-hydrogen) atoms. The van der Waals surface area contributed by atoms with Crippen molar-refractivity contribution >= 4 is 15.9 Å². The number of aliphatic hydroxyl groups excluding tert-OH is 1. The van der Waals surface area contributed by atoms with Gasteiger partial charge in [-0.25, -0.2) is 4.39 Å². The first-order valence-corrected chi connectivity index (χ1v) is 8.21. The number of hydrogen-bond donors (Lipinski definition) is 1. The number of hydrogen-bond acceptors (Lipinski definition) is 2. The van der Waals surface area contributed by atoms with E-state index in [1.807, 2.05) is 0 Å². The fourth-order valence-corrected chi connectivity index (χ4v) is 4.01. The lowest BCUT2D eigenvalue weighted by molar-refractivity contribution is -0.163. The summed E-state index contributed by atoms with van der Waals surface area (Å²) in [6, 6.07) is 4.74. The first kappa shape index (κ1) is 14.3. The molecule has 1 aromatic rings. The Labute approximate surface area is 127 Å². The highest BCUT2D eigenvalue weighted by Crippen LogP contribution is 2.52. The van der Waals surface area contributed by atoms with Gasteiger partial charge in [0, 0.05) is 11.8 Å². The van der Waals surface area contributed by atoms with Gasteiger partial charge in [-0.05, 0) is 47.0 Å². The zero-order valence-electron chi connectivity index (χ0n) is 11.4. The zero-order valence-corrected chi connectivity index (χ0v) is 13.0. The molecule has 1 aromatic carbocycles. The summed E-state index contributed by atoms with van der Waals surface area (Å²) in [5, 5.41) is 10.2. The highest BCUT2D eigenvalue weighted by Gasteiger charge is 2.55. The number of benzene rings is 1. The van der Waals surface area contributed by atoms with E-state index in [1.54, 1.807) is 12.1 Å². The molecular formula is C16H20BrFO2. The quantitative estimate of drug-likeness (QED) is 0.860. The van der Waals surface area contributed by atoms with Gasteiger partial charge in [-0.15, -0.1) is 0 Å². The molecule has 1 spiro atoms. The summed E-state index contributed by atoms with van der Waals surface area (Å²) in [4.78, 5) is 0. The molecule has 2 saturated carbocycles. The molecule has 2 nitrogen and oxygen atoms in total. The minimum absolute atomic E-state index is 0.0629. The highest BCUT2D eigenvalue weighted by atomic mass is 79.9. The molecule has 0 bridgehead atoms. The van der Waals surface area contributed by atoms with E-state index in [0.29, 0.717) is 16.6 Å². The van der Waals surface area contributed by atoms with Crippen molar-refractivity contribution in [1.29, 1.82) is 0 Å². The SMILES string of the molecule is OC1CC(Oc2ccc(F)c(Br)c2)C12CCCCCC2. The van der Waals surface area contributed by atoms with Crippen molar-refractivity contribution in [3.8, 4) is 5.75 Å². The summed E-state index contributed by atoms with van der Waals surface area (Å²) in [6.07, 6.45) is 7.44. The lowest BCUT2D eigenvalue weighted by atomic mass is 9.59. The molecule has 2 aliphatic rings. The Morgan fingerprint density at radius 2 is 1.90 bits per heavy atom. The van der Waals surface area contributed by atoms with Crippen molar-refractivity contribution < 1.29 is 14.2 Å². The molecule has 2 fully saturated rings. The van der Waals surface area contributed by atoms with Crippen LogP contribution in [0.25, 0.3) is 0 Å². The van der Waals surface area contributed by atoms with Crippen molar-refractivity contribution in [2.45, 2.75) is 57.2 Å². The van der Waals surface area contributed by atoms with Crippen LogP contribution in [-0.2, 0) is 0 Å². The largest absolute Gasteiger partial charge is 0.490 e. The number of ether oxygens (including phenoxy) is 1. The molecular weight excluding hydrogens is 323 g/mol. The first-order chi connectivity index (χ1) is 9.62. The lowest BCUT2D eigenvalue weighted by Crippen LogP contribution is -2.59. The minimum atomic E-state index is -0.282. The maximum Gasteiger partial charge on any atom is 0.137 e. The van der Waals surface area contributed by atoms with Crippen molar-refractivity contribution in [1.82, 2.24) is 0 Å². The summed E-state index contributed by atoms with van der Waals surface area (Å²) < 4.78 is 19.7. The second-order valence-electron chi connectivity index (χ2n) is 6.08. The maximum absolute atomic E-state index is 13.3. The predicted molar refractivity (Wildman–Crippen MR) is 79.3 cm³/mol. The number of halogens is 2. The Bertz CT molecular complexity index is 483. The number of rotatable bonds is 2. The van der Waals surface area contributed by atoms with Crippen LogP contribution < -0.4 is 4.74 Å². The van der Waals surface area contributed by atoms with E-state index in [4.69, 9.17) is 4.74 Å². The van der Waals surface area contributed by atoms with E-state index in [0.717, 1.165) is 12.8 Å². The van der Waals surface area contributed by atoms with Gasteiger partial charge in [-0.3, -0.25) is 0 Å². The van der Waals surface area contributed by atoms with Gasteiger partial charge in [0.25, 0.3) is 0 Å². The normalized spacial score (nSPS) is 28.8. The molecule has 4 heteroatoms. The Morgan fingerprint density at radius 3 is 2.50 bits per heavy atom. The second kappa shape index (κ2) is 5.64. The van der Waals surface area contributed by atoms with Gasteiger partial charge >= 0.3 is 0 Å². The van der Waals surface area contributed by atoms with Crippen molar-refractivity contribution in [3.05, 3.63) is 28.5 Å². The van der Waals surface area contributed by atoms with Crippen LogP contribution in [-0.4, -0.2) is 17.3 Å². The van der Waals surface area contributed by atoms with Crippen LogP contribution in [0.4, 0.5) is 4.39 Å². The molecule has 2 aliphatic carbocycles. The van der Waals surface area contributed by atoms with E-state index in [2.05, 4.69) is 15.9 Å². The Kier molecular flexibility index (Phi) is 4.04. The summed E-state index contributed by atoms with van der Waals surface area (Å²) in [6.45, 7) is 0. The van der Waals surface area contributed by atoms with E-state index in [9.17, 15) is 9.50 Å². The average molecular weight is 343 g/mol. The van der Waals surface area contributed by atoms with Crippen LogP contribution in [0.1, 0.15) is 44.9 Å². The molecule has 0 aliphatic heterocycles. The molecule has 0 heterocycles. The summed E-state index contributed by atoms with van der Waals surface area (Å²) in [5.74, 6) is 0.397. The van der Waals surface area contributed by atoms with Gasteiger partial charge in [0.05, 0.1) is 10.6 Å². The lowest BCUT2D eigenvalue weighted by Gasteiger charge is -2.53. The van der Waals surface area contributed by atoms with E-state index in [-0.39, 0.29) is 23.4 Å². The molecule has 2 unspecified atom stereocenters. The zero-order chi connectivity index (χ0) is 14.2. The van der Waals surface area contributed by atoms with E-state index in [1.165, 1.54) is 31.7 Å². The molecule has 110 valence electrons. The smallest absolute Gasteiger partial charge is 0.137 e. The number of aliphatic hydroxyl groups is 1. The molecule has 0 amide bonds. The van der Waals surface area contributed by atoms with Crippen LogP contribution in [0, 0.1) is 11.2 Å². The highest BCUT2D eigenvalue weighted by molar-refractivity contribution is 9.10.